The summed E-state index contributed by atoms with van der Waals surface area (Å²) in [7, 11) is 0. The molecule has 0 unspecified atom stereocenters. The third-order valence-electron chi connectivity index (χ3n) is 2.41. The molecule has 0 aliphatic carbocycles. The van der Waals surface area contributed by atoms with Crippen molar-refractivity contribution in [2.24, 2.45) is 0 Å². The van der Waals surface area contributed by atoms with E-state index in [-0.39, 0.29) is 8.41 Å². The minimum absolute atomic E-state index is 0. The molecular formula is C12H12BN. The van der Waals surface area contributed by atoms with Gasteiger partial charge in [-0.3, -0.25) is 0 Å². The predicted octanol–water partition coefficient (Wildman–Crippen LogP) is 2.14. The van der Waals surface area contributed by atoms with E-state index in [2.05, 4.69) is 53.5 Å². The smallest absolute Gasteiger partial charge is 0.0814 e. The van der Waals surface area contributed by atoms with Gasteiger partial charge in [-0.1, -0.05) is 36.4 Å². The van der Waals surface area contributed by atoms with Gasteiger partial charge in [0.15, 0.2) is 0 Å². The molecule has 0 saturated heterocycles. The fourth-order valence-corrected chi connectivity index (χ4v) is 1.80. The summed E-state index contributed by atoms with van der Waals surface area (Å²) in [5, 5.41) is 2.61. The van der Waals surface area contributed by atoms with Crippen LogP contribution in [0, 0.1) is 0 Å². The summed E-state index contributed by atoms with van der Waals surface area (Å²) in [5.74, 6) is 0. The van der Waals surface area contributed by atoms with Crippen molar-refractivity contribution in [1.29, 1.82) is 0 Å². The van der Waals surface area contributed by atoms with E-state index in [1.807, 2.05) is 0 Å². The molecule has 0 aliphatic heterocycles. The van der Waals surface area contributed by atoms with Crippen LogP contribution < -0.4 is 0 Å². The Morgan fingerprint density at radius 2 is 1.07 bits per heavy atom. The monoisotopic (exact) mass is 181 g/mol. The second kappa shape index (κ2) is 3.22. The molecule has 0 spiro atoms. The lowest BCUT2D eigenvalue weighted by molar-refractivity contribution is 1.55. The maximum absolute atomic E-state index is 3.38. The summed E-state index contributed by atoms with van der Waals surface area (Å²) >= 11 is 0. The number of hydrogen-bond acceptors (Lipinski definition) is 0. The maximum atomic E-state index is 3.38. The summed E-state index contributed by atoms with van der Waals surface area (Å²) < 4.78 is 0. The summed E-state index contributed by atoms with van der Waals surface area (Å²) in [4.78, 5) is 3.38. The maximum Gasteiger partial charge on any atom is 0.0814 e. The van der Waals surface area contributed by atoms with E-state index < -0.39 is 0 Å². The number of nitrogens with one attached hydrogen (secondary N) is 1. The highest BCUT2D eigenvalue weighted by atomic mass is 14.7. The predicted molar refractivity (Wildman–Crippen MR) is 65.7 cm³/mol. The molecule has 0 aliphatic rings. The van der Waals surface area contributed by atoms with Crippen molar-refractivity contribution in [1.82, 2.24) is 4.98 Å². The van der Waals surface area contributed by atoms with Gasteiger partial charge in [0, 0.05) is 21.8 Å². The van der Waals surface area contributed by atoms with Crippen LogP contribution in [0.5, 0.6) is 0 Å². The highest BCUT2D eigenvalue weighted by Crippen LogP contribution is 2.24. The first kappa shape index (κ1) is 8.88. The normalized spacial score (nSPS) is 10.3. The van der Waals surface area contributed by atoms with Gasteiger partial charge < -0.3 is 4.98 Å². The molecule has 2 heteroatoms. The van der Waals surface area contributed by atoms with E-state index in [1.165, 1.54) is 21.8 Å². The standard InChI is InChI=1S/C12H9N.BH3/c1-3-7-11-9(5-1)10-6-2-4-8-12(10)13-11;/h1-8,13H;1H3. The van der Waals surface area contributed by atoms with Gasteiger partial charge in [0.2, 0.25) is 0 Å². The lowest BCUT2D eigenvalue weighted by atomic mass is 10.2. The van der Waals surface area contributed by atoms with Gasteiger partial charge in [0.25, 0.3) is 0 Å². The zero-order chi connectivity index (χ0) is 8.67. The summed E-state index contributed by atoms with van der Waals surface area (Å²) in [6, 6.07) is 16.8. The second-order valence-corrected chi connectivity index (χ2v) is 3.22. The largest absolute Gasteiger partial charge is 0.355 e. The average molecular weight is 181 g/mol. The van der Waals surface area contributed by atoms with Crippen LogP contribution in [0.15, 0.2) is 48.5 Å². The van der Waals surface area contributed by atoms with Crippen LogP contribution >= 0.6 is 0 Å². The molecular weight excluding hydrogens is 169 g/mol. The van der Waals surface area contributed by atoms with Gasteiger partial charge in [0.05, 0.1) is 8.41 Å². The van der Waals surface area contributed by atoms with E-state index in [0.29, 0.717) is 0 Å². The second-order valence-electron chi connectivity index (χ2n) is 3.22. The summed E-state index contributed by atoms with van der Waals surface area (Å²) in [6.45, 7) is 0. The Morgan fingerprint density at radius 1 is 0.643 bits per heavy atom. The van der Waals surface area contributed by atoms with Crippen molar-refractivity contribution in [3.63, 3.8) is 0 Å². The first-order chi connectivity index (χ1) is 6.45. The van der Waals surface area contributed by atoms with Crippen molar-refractivity contribution >= 4 is 30.2 Å². The van der Waals surface area contributed by atoms with Crippen molar-refractivity contribution in [2.45, 2.75) is 0 Å². The molecule has 0 radical (unpaired) electrons. The number of H-pyrrole nitrogens is 1. The summed E-state index contributed by atoms with van der Waals surface area (Å²) in [5.41, 5.74) is 2.42. The fourth-order valence-electron chi connectivity index (χ4n) is 1.80. The quantitative estimate of drug-likeness (QED) is 0.511. The van der Waals surface area contributed by atoms with Gasteiger partial charge >= 0.3 is 0 Å². The number of fused-ring (bicyclic) bond motifs is 3. The number of aromatic amines is 1. The molecule has 1 nitrogen and oxygen atoms in total. The summed E-state index contributed by atoms with van der Waals surface area (Å²) in [6.07, 6.45) is 0. The number of hydrogen-bond donors (Lipinski definition) is 1. The topological polar surface area (TPSA) is 15.8 Å². The van der Waals surface area contributed by atoms with Crippen LogP contribution in [0.2, 0.25) is 0 Å². The van der Waals surface area contributed by atoms with E-state index in [0.717, 1.165) is 0 Å². The van der Waals surface area contributed by atoms with Crippen molar-refractivity contribution in [2.75, 3.05) is 0 Å². The molecule has 0 fully saturated rings. The zero-order valence-electron chi connectivity index (χ0n) is 7.12. The van der Waals surface area contributed by atoms with E-state index in [4.69, 9.17) is 0 Å². The van der Waals surface area contributed by atoms with Gasteiger partial charge in [-0.25, -0.2) is 0 Å². The molecule has 2 aromatic carbocycles. The highest BCUT2D eigenvalue weighted by Gasteiger charge is 2.00. The zero-order valence-corrected chi connectivity index (χ0v) is 7.12. The van der Waals surface area contributed by atoms with E-state index in [1.54, 1.807) is 0 Å². The molecule has 1 aromatic heterocycles. The molecule has 0 amide bonds. The molecule has 68 valence electrons. The Balaban J connectivity index is 0.000000750. The van der Waals surface area contributed by atoms with Crippen molar-refractivity contribution < 1.29 is 0 Å². The van der Waals surface area contributed by atoms with Crippen LogP contribution in [0.1, 0.15) is 0 Å². The highest BCUT2D eigenvalue weighted by molar-refractivity contribution is 6.06. The molecule has 3 aromatic rings. The number of benzene rings is 2. The van der Waals surface area contributed by atoms with Crippen LogP contribution in [0.3, 0.4) is 0 Å². The third kappa shape index (κ3) is 1.11. The minimum Gasteiger partial charge on any atom is -0.355 e. The molecule has 0 atom stereocenters. The van der Waals surface area contributed by atoms with Crippen LogP contribution in [0.25, 0.3) is 21.8 Å². The fraction of sp³-hybridized carbons (Fsp3) is 0. The van der Waals surface area contributed by atoms with Crippen LogP contribution in [0.4, 0.5) is 0 Å². The van der Waals surface area contributed by atoms with Gasteiger partial charge in [-0.2, -0.15) is 0 Å². The van der Waals surface area contributed by atoms with E-state index in [9.17, 15) is 0 Å². The molecule has 3 rings (SSSR count). The van der Waals surface area contributed by atoms with Gasteiger partial charge in [0.1, 0.15) is 0 Å². The first-order valence-corrected chi connectivity index (χ1v) is 4.40. The van der Waals surface area contributed by atoms with Crippen LogP contribution in [-0.2, 0) is 0 Å². The van der Waals surface area contributed by atoms with Gasteiger partial charge in [-0.05, 0) is 12.1 Å². The lowest BCUT2D eigenvalue weighted by Gasteiger charge is -1.87. The molecule has 0 saturated carbocycles. The molecule has 1 N–H and O–H groups in total. The number of rotatable bonds is 0. The van der Waals surface area contributed by atoms with E-state index >= 15 is 0 Å². The van der Waals surface area contributed by atoms with Crippen molar-refractivity contribution in [3.05, 3.63) is 48.5 Å². The third-order valence-corrected chi connectivity index (χ3v) is 2.41. The Labute approximate surface area is 84.3 Å². The minimum atomic E-state index is 0. The first-order valence-electron chi connectivity index (χ1n) is 4.40. The number of para-hydroxylation sites is 2. The van der Waals surface area contributed by atoms with Crippen molar-refractivity contribution in [3.8, 4) is 0 Å². The average Bonchev–Trinajstić information content (AvgIpc) is 2.56. The molecule has 0 bridgehead atoms. The molecule has 14 heavy (non-hydrogen) atoms. The Morgan fingerprint density at radius 3 is 1.57 bits per heavy atom. The number of aromatic nitrogens is 1. The SMILES string of the molecule is B.c1ccc2c(c1)[nH]c1ccccc12. The molecule has 1 heterocycles. The lowest BCUT2D eigenvalue weighted by Crippen LogP contribution is -1.62. The Bertz CT molecular complexity index is 518. The van der Waals surface area contributed by atoms with Crippen LogP contribution in [-0.4, -0.2) is 13.4 Å². The Kier molecular flexibility index (Phi) is 2.04. The Hall–Kier alpha value is -1.70. The van der Waals surface area contributed by atoms with Gasteiger partial charge in [-0.15, -0.1) is 0 Å².